The van der Waals surface area contributed by atoms with Gasteiger partial charge in [-0.1, -0.05) is 61.9 Å². The predicted octanol–water partition coefficient (Wildman–Crippen LogP) is 3.21. The maximum absolute atomic E-state index is 12.6. The molecule has 2 rings (SSSR count). The fraction of sp³-hybridized carbons (Fsp3) is 0.409. The Hall–Kier alpha value is -2.22. The number of ether oxygens (including phenoxy) is 1. The molecule has 0 aliphatic carbocycles. The van der Waals surface area contributed by atoms with Gasteiger partial charge in [0.15, 0.2) is 0 Å². The monoisotopic (exact) mass is 419 g/mol. The van der Waals surface area contributed by atoms with Crippen molar-refractivity contribution in [1.29, 1.82) is 0 Å². The number of carbonyl (C=O) groups is 1. The van der Waals surface area contributed by atoms with Gasteiger partial charge in [-0.15, -0.1) is 0 Å². The SMILES string of the molecule is Cc1ccc(S(=O)(=O)N[C@H](COC(=O)[C@@H](C)[C@H](O)c2ccccc2)C(C)C)cc1. The second-order valence-corrected chi connectivity index (χ2v) is 9.27. The number of benzene rings is 2. The molecule has 0 heterocycles. The molecule has 29 heavy (non-hydrogen) atoms. The minimum Gasteiger partial charge on any atom is -0.464 e. The lowest BCUT2D eigenvalue weighted by Gasteiger charge is -2.24. The average molecular weight is 420 g/mol. The molecule has 0 radical (unpaired) electrons. The molecule has 3 atom stereocenters. The summed E-state index contributed by atoms with van der Waals surface area (Å²) in [6.45, 7) is 7.04. The number of hydrogen-bond donors (Lipinski definition) is 2. The van der Waals surface area contributed by atoms with E-state index in [9.17, 15) is 18.3 Å². The highest BCUT2D eigenvalue weighted by molar-refractivity contribution is 7.89. The molecule has 0 aromatic heterocycles. The molecule has 0 fully saturated rings. The van der Waals surface area contributed by atoms with E-state index in [1.807, 2.05) is 26.8 Å². The Kier molecular flexibility index (Phi) is 7.96. The van der Waals surface area contributed by atoms with Crippen LogP contribution in [0.15, 0.2) is 59.5 Å². The highest BCUT2D eigenvalue weighted by Crippen LogP contribution is 2.23. The van der Waals surface area contributed by atoms with Crippen molar-refractivity contribution in [2.75, 3.05) is 6.61 Å². The average Bonchev–Trinajstić information content (AvgIpc) is 2.70. The van der Waals surface area contributed by atoms with Crippen LogP contribution < -0.4 is 4.72 Å². The molecule has 0 saturated carbocycles. The van der Waals surface area contributed by atoms with E-state index in [0.29, 0.717) is 5.56 Å². The largest absolute Gasteiger partial charge is 0.464 e. The summed E-state index contributed by atoms with van der Waals surface area (Å²) in [5.41, 5.74) is 1.58. The summed E-state index contributed by atoms with van der Waals surface area (Å²) < 4.78 is 33.2. The van der Waals surface area contributed by atoms with Gasteiger partial charge < -0.3 is 9.84 Å². The topological polar surface area (TPSA) is 92.7 Å². The van der Waals surface area contributed by atoms with Crippen molar-refractivity contribution >= 4 is 16.0 Å². The molecule has 2 aromatic rings. The Balaban J connectivity index is 2.01. The number of rotatable bonds is 9. The van der Waals surface area contributed by atoms with E-state index < -0.39 is 34.1 Å². The number of aliphatic hydroxyl groups is 1. The zero-order valence-corrected chi connectivity index (χ0v) is 18.0. The Morgan fingerprint density at radius 1 is 1.03 bits per heavy atom. The molecule has 0 unspecified atom stereocenters. The van der Waals surface area contributed by atoms with Crippen molar-refractivity contribution in [2.24, 2.45) is 11.8 Å². The molecule has 158 valence electrons. The standard InChI is InChI=1S/C22H29NO5S/c1-15(2)20(23-29(26,27)19-12-10-16(3)11-13-19)14-28-22(25)17(4)21(24)18-8-6-5-7-9-18/h5-13,15,17,20-21,23-24H,14H2,1-4H3/t17-,20+,21-/m0/s1. The van der Waals surface area contributed by atoms with Crippen LogP contribution in [0.4, 0.5) is 0 Å². The third kappa shape index (κ3) is 6.39. The third-order valence-electron chi connectivity index (χ3n) is 4.83. The van der Waals surface area contributed by atoms with Crippen molar-refractivity contribution in [3.8, 4) is 0 Å². The Morgan fingerprint density at radius 3 is 2.17 bits per heavy atom. The van der Waals surface area contributed by atoms with Gasteiger partial charge in [-0.25, -0.2) is 13.1 Å². The summed E-state index contributed by atoms with van der Waals surface area (Å²) in [6.07, 6.45) is -0.995. The van der Waals surface area contributed by atoms with E-state index in [4.69, 9.17) is 4.74 Å². The van der Waals surface area contributed by atoms with Crippen LogP contribution in [0.3, 0.4) is 0 Å². The molecule has 0 spiro atoms. The molecule has 6 nitrogen and oxygen atoms in total. The summed E-state index contributed by atoms with van der Waals surface area (Å²) in [7, 11) is -3.74. The van der Waals surface area contributed by atoms with Gasteiger partial charge in [0.05, 0.1) is 23.0 Å². The number of nitrogens with one attached hydrogen (secondary N) is 1. The smallest absolute Gasteiger partial charge is 0.311 e. The van der Waals surface area contributed by atoms with Crippen molar-refractivity contribution in [3.05, 3.63) is 65.7 Å². The van der Waals surface area contributed by atoms with Crippen LogP contribution in [0.25, 0.3) is 0 Å². The Morgan fingerprint density at radius 2 is 1.62 bits per heavy atom. The lowest BCUT2D eigenvalue weighted by atomic mass is 9.97. The lowest BCUT2D eigenvalue weighted by Crippen LogP contribution is -2.42. The van der Waals surface area contributed by atoms with E-state index in [1.165, 1.54) is 0 Å². The molecule has 0 aliphatic rings. The second kappa shape index (κ2) is 10.0. The normalized spacial score (nSPS) is 15.0. The Bertz CT molecular complexity index is 895. The number of aliphatic hydroxyl groups excluding tert-OH is 1. The zero-order chi connectivity index (χ0) is 21.6. The second-order valence-electron chi connectivity index (χ2n) is 7.56. The molecule has 0 amide bonds. The summed E-state index contributed by atoms with van der Waals surface area (Å²) in [4.78, 5) is 12.6. The molecular formula is C22H29NO5S. The highest BCUT2D eigenvalue weighted by atomic mass is 32.2. The summed E-state index contributed by atoms with van der Waals surface area (Å²) in [5.74, 6) is -1.46. The molecule has 0 aliphatic heterocycles. The van der Waals surface area contributed by atoms with E-state index >= 15 is 0 Å². The highest BCUT2D eigenvalue weighted by Gasteiger charge is 2.28. The molecule has 2 aromatic carbocycles. The number of esters is 1. The summed E-state index contributed by atoms with van der Waals surface area (Å²) >= 11 is 0. The van der Waals surface area contributed by atoms with Crippen molar-refractivity contribution in [3.63, 3.8) is 0 Å². The van der Waals surface area contributed by atoms with Crippen LogP contribution in [-0.4, -0.2) is 32.1 Å². The van der Waals surface area contributed by atoms with Gasteiger partial charge >= 0.3 is 5.97 Å². The number of aryl methyl sites for hydroxylation is 1. The van der Waals surface area contributed by atoms with Crippen LogP contribution in [0, 0.1) is 18.8 Å². The lowest BCUT2D eigenvalue weighted by molar-refractivity contribution is -0.152. The van der Waals surface area contributed by atoms with Gasteiger partial charge in [-0.05, 0) is 37.5 Å². The van der Waals surface area contributed by atoms with Gasteiger partial charge in [0.25, 0.3) is 0 Å². The van der Waals surface area contributed by atoms with Gasteiger partial charge in [-0.2, -0.15) is 0 Å². The maximum Gasteiger partial charge on any atom is 0.311 e. The van der Waals surface area contributed by atoms with Crippen molar-refractivity contribution in [1.82, 2.24) is 4.72 Å². The summed E-state index contributed by atoms with van der Waals surface area (Å²) in [5, 5.41) is 10.4. The predicted molar refractivity (Wildman–Crippen MR) is 112 cm³/mol. The van der Waals surface area contributed by atoms with Gasteiger partial charge in [0, 0.05) is 0 Å². The molecule has 2 N–H and O–H groups in total. The van der Waals surface area contributed by atoms with Crippen LogP contribution in [0.5, 0.6) is 0 Å². The van der Waals surface area contributed by atoms with Crippen LogP contribution in [0.2, 0.25) is 0 Å². The van der Waals surface area contributed by atoms with E-state index in [-0.39, 0.29) is 17.4 Å². The van der Waals surface area contributed by atoms with Crippen LogP contribution in [-0.2, 0) is 19.6 Å². The fourth-order valence-corrected chi connectivity index (χ4v) is 4.09. The van der Waals surface area contributed by atoms with Crippen LogP contribution >= 0.6 is 0 Å². The minimum atomic E-state index is -3.74. The number of hydrogen-bond acceptors (Lipinski definition) is 5. The van der Waals surface area contributed by atoms with Crippen molar-refractivity contribution in [2.45, 2.75) is 44.7 Å². The first kappa shape index (κ1) is 23.1. The van der Waals surface area contributed by atoms with Crippen molar-refractivity contribution < 1.29 is 23.1 Å². The van der Waals surface area contributed by atoms with E-state index in [2.05, 4.69) is 4.72 Å². The van der Waals surface area contributed by atoms with Crippen LogP contribution in [0.1, 0.15) is 38.0 Å². The Labute approximate surface area is 173 Å². The first-order valence-electron chi connectivity index (χ1n) is 9.60. The molecular weight excluding hydrogens is 390 g/mol. The summed E-state index contributed by atoms with van der Waals surface area (Å²) in [6, 6.07) is 14.8. The molecule has 7 heteroatoms. The first-order chi connectivity index (χ1) is 13.6. The maximum atomic E-state index is 12.6. The van der Waals surface area contributed by atoms with E-state index in [1.54, 1.807) is 55.5 Å². The number of carbonyl (C=O) groups excluding carboxylic acids is 1. The van der Waals surface area contributed by atoms with E-state index in [0.717, 1.165) is 5.56 Å². The molecule has 0 bridgehead atoms. The fourth-order valence-electron chi connectivity index (χ4n) is 2.72. The first-order valence-corrected chi connectivity index (χ1v) is 11.1. The van der Waals surface area contributed by atoms with Gasteiger partial charge in [0.1, 0.15) is 6.61 Å². The van der Waals surface area contributed by atoms with Gasteiger partial charge in [0.2, 0.25) is 10.0 Å². The third-order valence-corrected chi connectivity index (χ3v) is 6.34. The minimum absolute atomic E-state index is 0.0997. The number of sulfonamides is 1. The quantitative estimate of drug-likeness (QED) is 0.609. The van der Waals surface area contributed by atoms with Gasteiger partial charge in [-0.3, -0.25) is 4.79 Å². The zero-order valence-electron chi connectivity index (χ0n) is 17.2. The molecule has 0 saturated heterocycles.